The number of aliphatic hydroxyl groups excluding tert-OH is 1. The molecular weight excluding hydrogens is 318 g/mol. The number of rotatable bonds is 5. The maximum Gasteiger partial charge on any atom is 0.319 e. The van der Waals surface area contributed by atoms with Crippen molar-refractivity contribution in [1.82, 2.24) is 10.3 Å². The molecule has 1 aromatic heterocycles. The van der Waals surface area contributed by atoms with E-state index in [1.807, 2.05) is 24.3 Å². The van der Waals surface area contributed by atoms with Gasteiger partial charge >= 0.3 is 6.03 Å². The third-order valence-electron chi connectivity index (χ3n) is 3.89. The summed E-state index contributed by atoms with van der Waals surface area (Å²) in [7, 11) is 1.59. The number of fused-ring (bicyclic) bond motifs is 1. The van der Waals surface area contributed by atoms with Gasteiger partial charge in [0, 0.05) is 11.6 Å². The van der Waals surface area contributed by atoms with Crippen LogP contribution in [0.3, 0.4) is 0 Å². The lowest BCUT2D eigenvalue weighted by molar-refractivity contribution is 0.225. The Hall–Kier alpha value is -3.12. The second kappa shape index (κ2) is 7.63. The Labute approximate surface area is 145 Å². The Balaban J connectivity index is 1.73. The lowest BCUT2D eigenvalue weighted by Crippen LogP contribution is -2.34. The SMILES string of the molecule is COc1ccc([C@H](CO)NC(=O)Nc2cccc3cccnc23)cc1. The van der Waals surface area contributed by atoms with Gasteiger partial charge in [-0.2, -0.15) is 0 Å². The van der Waals surface area contributed by atoms with Crippen molar-refractivity contribution in [1.29, 1.82) is 0 Å². The fourth-order valence-corrected chi connectivity index (χ4v) is 2.59. The number of benzene rings is 2. The molecule has 2 aromatic carbocycles. The summed E-state index contributed by atoms with van der Waals surface area (Å²) >= 11 is 0. The molecule has 0 aliphatic rings. The number of nitrogens with zero attached hydrogens (tertiary/aromatic N) is 1. The quantitative estimate of drug-likeness (QED) is 0.668. The molecule has 0 saturated heterocycles. The number of hydrogen-bond acceptors (Lipinski definition) is 4. The fourth-order valence-electron chi connectivity index (χ4n) is 2.59. The minimum atomic E-state index is -0.520. The molecule has 6 heteroatoms. The summed E-state index contributed by atoms with van der Waals surface area (Å²) in [5.41, 5.74) is 2.11. The van der Waals surface area contributed by atoms with Crippen LogP contribution >= 0.6 is 0 Å². The zero-order valence-corrected chi connectivity index (χ0v) is 13.8. The number of pyridine rings is 1. The molecule has 0 aliphatic carbocycles. The molecule has 6 nitrogen and oxygen atoms in total. The topological polar surface area (TPSA) is 83.5 Å². The van der Waals surface area contributed by atoms with Crippen LogP contribution in [0.15, 0.2) is 60.8 Å². The predicted octanol–water partition coefficient (Wildman–Crippen LogP) is 3.10. The first-order valence-electron chi connectivity index (χ1n) is 7.87. The van der Waals surface area contributed by atoms with Gasteiger partial charge in [-0.05, 0) is 29.8 Å². The van der Waals surface area contributed by atoms with Gasteiger partial charge in [-0.1, -0.05) is 30.3 Å². The Morgan fingerprint density at radius 3 is 2.64 bits per heavy atom. The number of carbonyl (C=O) groups excluding carboxylic acids is 1. The number of ether oxygens (including phenoxy) is 1. The molecule has 0 spiro atoms. The number of urea groups is 1. The third-order valence-corrected chi connectivity index (χ3v) is 3.89. The highest BCUT2D eigenvalue weighted by molar-refractivity contribution is 5.99. The lowest BCUT2D eigenvalue weighted by Gasteiger charge is -2.18. The average Bonchev–Trinajstić information content (AvgIpc) is 2.66. The number of nitrogens with one attached hydrogen (secondary N) is 2. The molecular formula is C19H19N3O3. The largest absolute Gasteiger partial charge is 0.497 e. The zero-order valence-electron chi connectivity index (χ0n) is 13.8. The van der Waals surface area contributed by atoms with Gasteiger partial charge in [-0.25, -0.2) is 4.79 Å². The van der Waals surface area contributed by atoms with E-state index < -0.39 is 12.1 Å². The van der Waals surface area contributed by atoms with Crippen LogP contribution in [0.2, 0.25) is 0 Å². The smallest absolute Gasteiger partial charge is 0.319 e. The number of aliphatic hydroxyl groups is 1. The molecule has 3 rings (SSSR count). The summed E-state index contributed by atoms with van der Waals surface area (Å²) < 4.78 is 5.11. The lowest BCUT2D eigenvalue weighted by atomic mass is 10.1. The third kappa shape index (κ3) is 3.87. The highest BCUT2D eigenvalue weighted by Crippen LogP contribution is 2.21. The first kappa shape index (κ1) is 16.7. The number of amides is 2. The second-order valence-corrected chi connectivity index (χ2v) is 5.49. The average molecular weight is 337 g/mol. The summed E-state index contributed by atoms with van der Waals surface area (Å²) in [4.78, 5) is 16.6. The molecule has 2 amide bonds. The summed E-state index contributed by atoms with van der Waals surface area (Å²) in [5.74, 6) is 0.715. The van der Waals surface area contributed by atoms with Crippen LogP contribution < -0.4 is 15.4 Å². The van der Waals surface area contributed by atoms with Crippen molar-refractivity contribution < 1.29 is 14.6 Å². The summed E-state index contributed by atoms with van der Waals surface area (Å²) in [6.45, 7) is -0.215. The second-order valence-electron chi connectivity index (χ2n) is 5.49. The minimum absolute atomic E-state index is 0.215. The van der Waals surface area contributed by atoms with Crippen LogP contribution in [0.4, 0.5) is 10.5 Å². The van der Waals surface area contributed by atoms with Crippen LogP contribution in [0.25, 0.3) is 10.9 Å². The van der Waals surface area contributed by atoms with E-state index in [0.29, 0.717) is 17.0 Å². The van der Waals surface area contributed by atoms with Crippen LogP contribution in [-0.4, -0.2) is 29.8 Å². The first-order valence-corrected chi connectivity index (χ1v) is 7.87. The molecule has 128 valence electrons. The summed E-state index contributed by atoms with van der Waals surface area (Å²) in [6.07, 6.45) is 1.68. The molecule has 0 saturated carbocycles. The fraction of sp³-hybridized carbons (Fsp3) is 0.158. The molecule has 0 aliphatic heterocycles. The standard InChI is InChI=1S/C19H19N3O3/c1-25-15-9-7-13(8-10-15)17(12-23)22-19(24)21-16-6-2-4-14-5-3-11-20-18(14)16/h2-11,17,23H,12H2,1H3,(H2,21,22,24)/t17-/m0/s1. The maximum atomic E-state index is 12.3. The van der Waals surface area contributed by atoms with Gasteiger partial charge < -0.3 is 20.5 Å². The molecule has 1 atom stereocenters. The monoisotopic (exact) mass is 337 g/mol. The van der Waals surface area contributed by atoms with Crippen LogP contribution in [-0.2, 0) is 0 Å². The molecule has 1 heterocycles. The summed E-state index contributed by atoms with van der Waals surface area (Å²) in [5, 5.41) is 16.1. The van der Waals surface area contributed by atoms with Crippen molar-refractivity contribution in [3.63, 3.8) is 0 Å². The maximum absolute atomic E-state index is 12.3. The van der Waals surface area contributed by atoms with E-state index in [4.69, 9.17) is 4.74 Å². The van der Waals surface area contributed by atoms with Gasteiger partial charge in [0.25, 0.3) is 0 Å². The van der Waals surface area contributed by atoms with Gasteiger partial charge in [0.15, 0.2) is 0 Å². The molecule has 0 unspecified atom stereocenters. The normalized spacial score (nSPS) is 11.8. The van der Waals surface area contributed by atoms with Crippen LogP contribution in [0.1, 0.15) is 11.6 Å². The molecule has 3 aromatic rings. The van der Waals surface area contributed by atoms with E-state index in [0.717, 1.165) is 10.9 Å². The van der Waals surface area contributed by atoms with Crippen molar-refractivity contribution in [3.05, 3.63) is 66.4 Å². The van der Waals surface area contributed by atoms with E-state index in [1.54, 1.807) is 43.6 Å². The highest BCUT2D eigenvalue weighted by atomic mass is 16.5. The van der Waals surface area contributed by atoms with Gasteiger partial charge in [-0.3, -0.25) is 4.98 Å². The number of aromatic nitrogens is 1. The highest BCUT2D eigenvalue weighted by Gasteiger charge is 2.14. The van der Waals surface area contributed by atoms with Crippen LogP contribution in [0.5, 0.6) is 5.75 Å². The van der Waals surface area contributed by atoms with Crippen molar-refractivity contribution in [2.75, 3.05) is 19.0 Å². The van der Waals surface area contributed by atoms with E-state index in [2.05, 4.69) is 15.6 Å². The first-order chi connectivity index (χ1) is 12.2. The van der Waals surface area contributed by atoms with Crippen molar-refractivity contribution in [3.8, 4) is 5.75 Å². The van der Waals surface area contributed by atoms with Gasteiger partial charge in [0.1, 0.15) is 5.75 Å². The van der Waals surface area contributed by atoms with Crippen molar-refractivity contribution in [2.24, 2.45) is 0 Å². The number of hydrogen-bond donors (Lipinski definition) is 3. The van der Waals surface area contributed by atoms with Gasteiger partial charge in [0.05, 0.1) is 31.0 Å². The number of methoxy groups -OCH3 is 1. The molecule has 0 fully saturated rings. The minimum Gasteiger partial charge on any atom is -0.497 e. The van der Waals surface area contributed by atoms with Gasteiger partial charge in [0.2, 0.25) is 0 Å². The van der Waals surface area contributed by atoms with E-state index in [-0.39, 0.29) is 6.61 Å². The van der Waals surface area contributed by atoms with Crippen molar-refractivity contribution in [2.45, 2.75) is 6.04 Å². The zero-order chi connectivity index (χ0) is 17.6. The number of para-hydroxylation sites is 1. The van der Waals surface area contributed by atoms with Crippen LogP contribution in [0, 0.1) is 0 Å². The Morgan fingerprint density at radius 2 is 1.92 bits per heavy atom. The Bertz CT molecular complexity index is 860. The Morgan fingerprint density at radius 1 is 1.16 bits per heavy atom. The molecule has 0 bridgehead atoms. The van der Waals surface area contributed by atoms with Gasteiger partial charge in [-0.15, -0.1) is 0 Å². The Kier molecular flexibility index (Phi) is 5.11. The number of anilines is 1. The molecule has 0 radical (unpaired) electrons. The number of carbonyl (C=O) groups is 1. The predicted molar refractivity (Wildman–Crippen MR) is 96.7 cm³/mol. The molecule has 25 heavy (non-hydrogen) atoms. The molecule has 3 N–H and O–H groups in total. The van der Waals surface area contributed by atoms with E-state index >= 15 is 0 Å². The summed E-state index contributed by atoms with van der Waals surface area (Å²) in [6, 6.07) is 15.6. The van der Waals surface area contributed by atoms with E-state index in [9.17, 15) is 9.90 Å². The van der Waals surface area contributed by atoms with Crippen molar-refractivity contribution >= 4 is 22.6 Å². The van der Waals surface area contributed by atoms with E-state index in [1.165, 1.54) is 0 Å².